The van der Waals surface area contributed by atoms with Crippen molar-refractivity contribution in [2.75, 3.05) is 0 Å². The quantitative estimate of drug-likeness (QED) is 0.274. The fraction of sp³-hybridized carbons (Fsp3) is 0. The molecule has 2 aromatic heterocycles. The minimum atomic E-state index is 0.897. The molecule has 5 aromatic carbocycles. The molecule has 35 heavy (non-hydrogen) atoms. The topological polar surface area (TPSA) is 30.2 Å². The Hall–Kier alpha value is -4.76. The smallest absolute Gasteiger partial charge is 0.149 e. The first-order chi connectivity index (χ1) is 17.4. The predicted molar refractivity (Wildman–Crippen MR) is 144 cm³/mol. The lowest BCUT2D eigenvalue weighted by atomic mass is 9.93. The zero-order valence-electron chi connectivity index (χ0n) is 19.0. The van der Waals surface area contributed by atoms with Crippen LogP contribution >= 0.6 is 0 Å². The van der Waals surface area contributed by atoms with Crippen LogP contribution in [0.5, 0.6) is 0 Å². The van der Waals surface area contributed by atoms with Crippen LogP contribution in [0.4, 0.5) is 0 Å². The van der Waals surface area contributed by atoms with Crippen LogP contribution in [0.25, 0.3) is 61.2 Å². The van der Waals surface area contributed by atoms with Gasteiger partial charge in [-0.1, -0.05) is 103 Å². The van der Waals surface area contributed by atoms with Crippen LogP contribution in [0.15, 0.2) is 127 Å². The highest BCUT2D eigenvalue weighted by Crippen LogP contribution is 2.38. The molecule has 0 saturated carbocycles. The van der Waals surface area contributed by atoms with Gasteiger partial charge in [-0.3, -0.25) is 4.40 Å². The Kier molecular flexibility index (Phi) is 4.46. The molecule has 0 aliphatic carbocycles. The van der Waals surface area contributed by atoms with Crippen molar-refractivity contribution in [1.82, 2.24) is 14.4 Å². The van der Waals surface area contributed by atoms with Crippen LogP contribution in [0.2, 0.25) is 0 Å². The van der Waals surface area contributed by atoms with Crippen molar-refractivity contribution in [3.63, 3.8) is 0 Å². The van der Waals surface area contributed by atoms with Gasteiger partial charge in [-0.05, 0) is 46.5 Å². The molecule has 164 valence electrons. The molecule has 0 spiro atoms. The summed E-state index contributed by atoms with van der Waals surface area (Å²) in [5, 5.41) is 1.04. The van der Waals surface area contributed by atoms with Crippen LogP contribution in [-0.4, -0.2) is 14.4 Å². The molecule has 3 nitrogen and oxygen atoms in total. The largest absolute Gasteiger partial charge is 0.276 e. The molecule has 0 radical (unpaired) electrons. The van der Waals surface area contributed by atoms with E-state index in [1.165, 1.54) is 16.7 Å². The zero-order valence-corrected chi connectivity index (χ0v) is 19.0. The molecule has 0 aliphatic rings. The summed E-state index contributed by atoms with van der Waals surface area (Å²) in [7, 11) is 0. The van der Waals surface area contributed by atoms with Gasteiger partial charge in [-0.15, -0.1) is 0 Å². The molecule has 0 atom stereocenters. The Bertz CT molecular complexity index is 1820. The van der Waals surface area contributed by atoms with Gasteiger partial charge in [-0.2, -0.15) is 0 Å². The van der Waals surface area contributed by atoms with Gasteiger partial charge in [0.05, 0.1) is 16.6 Å². The third-order valence-electron chi connectivity index (χ3n) is 6.58. The third-order valence-corrected chi connectivity index (χ3v) is 6.58. The number of fused-ring (bicyclic) bond motifs is 5. The molecule has 3 heteroatoms. The first-order valence-electron chi connectivity index (χ1n) is 11.8. The highest BCUT2D eigenvalue weighted by atomic mass is 15.1. The predicted octanol–water partition coefficient (Wildman–Crippen LogP) is 8.04. The number of hydrogen-bond donors (Lipinski definition) is 0. The second-order valence-electron chi connectivity index (χ2n) is 8.71. The molecule has 0 aliphatic heterocycles. The minimum absolute atomic E-state index is 0.897. The number of imidazole rings is 1. The molecule has 7 aromatic rings. The van der Waals surface area contributed by atoms with E-state index in [9.17, 15) is 0 Å². The van der Waals surface area contributed by atoms with Crippen LogP contribution < -0.4 is 0 Å². The average Bonchev–Trinajstić information content (AvgIpc) is 3.33. The van der Waals surface area contributed by atoms with E-state index in [0.29, 0.717) is 0 Å². The SMILES string of the molecule is c1ccc(-c2cc3nc(-c4ccccc4)n4c5ccccc5nc4c3cc2-c2ccccc2)cc1. The fourth-order valence-electron chi connectivity index (χ4n) is 4.94. The number of benzene rings is 5. The first kappa shape index (κ1) is 19.7. The van der Waals surface area contributed by atoms with Crippen molar-refractivity contribution in [3.05, 3.63) is 127 Å². The van der Waals surface area contributed by atoms with Crippen molar-refractivity contribution < 1.29 is 0 Å². The van der Waals surface area contributed by atoms with Gasteiger partial charge in [0, 0.05) is 10.9 Å². The van der Waals surface area contributed by atoms with Crippen molar-refractivity contribution in [2.24, 2.45) is 0 Å². The summed E-state index contributed by atoms with van der Waals surface area (Å²) < 4.78 is 2.20. The Labute approximate surface area is 203 Å². The van der Waals surface area contributed by atoms with Crippen LogP contribution in [0, 0.1) is 0 Å². The van der Waals surface area contributed by atoms with Gasteiger partial charge in [-0.25, -0.2) is 9.97 Å². The van der Waals surface area contributed by atoms with E-state index in [-0.39, 0.29) is 0 Å². The third kappa shape index (κ3) is 3.21. The average molecular weight is 448 g/mol. The lowest BCUT2D eigenvalue weighted by Crippen LogP contribution is -1.99. The molecule has 0 fully saturated rings. The van der Waals surface area contributed by atoms with Gasteiger partial charge >= 0.3 is 0 Å². The summed E-state index contributed by atoms with van der Waals surface area (Å²) >= 11 is 0. The minimum Gasteiger partial charge on any atom is -0.276 e. The second kappa shape index (κ2) is 7.93. The number of rotatable bonds is 3. The Morgan fingerprint density at radius 1 is 0.457 bits per heavy atom. The van der Waals surface area contributed by atoms with Gasteiger partial charge in [0.25, 0.3) is 0 Å². The summed E-state index contributed by atoms with van der Waals surface area (Å²) in [5.41, 5.74) is 9.63. The molecule has 0 unspecified atom stereocenters. The number of aromatic nitrogens is 3. The highest BCUT2D eigenvalue weighted by Gasteiger charge is 2.18. The van der Waals surface area contributed by atoms with Gasteiger partial charge in [0.2, 0.25) is 0 Å². The Morgan fingerprint density at radius 2 is 1.00 bits per heavy atom. The molecular weight excluding hydrogens is 426 g/mol. The molecule has 0 saturated heterocycles. The van der Waals surface area contributed by atoms with Crippen molar-refractivity contribution in [3.8, 4) is 33.6 Å². The van der Waals surface area contributed by atoms with Gasteiger partial charge < -0.3 is 0 Å². The Morgan fingerprint density at radius 3 is 1.66 bits per heavy atom. The molecule has 0 amide bonds. The maximum Gasteiger partial charge on any atom is 0.149 e. The maximum atomic E-state index is 5.24. The standard InChI is InChI=1S/C32H21N3/c1-4-12-22(13-5-1)25-20-27-29(21-26(25)23-14-6-2-7-15-23)34-31(24-16-8-3-9-17-24)35-30-19-11-10-18-28(30)33-32(27)35/h1-21H. The first-order valence-corrected chi connectivity index (χ1v) is 11.8. The summed E-state index contributed by atoms with van der Waals surface area (Å²) in [6.07, 6.45) is 0. The monoisotopic (exact) mass is 447 g/mol. The maximum absolute atomic E-state index is 5.24. The van der Waals surface area contributed by atoms with E-state index in [4.69, 9.17) is 9.97 Å². The number of hydrogen-bond acceptors (Lipinski definition) is 2. The summed E-state index contributed by atoms with van der Waals surface area (Å²) in [6.45, 7) is 0. The van der Waals surface area contributed by atoms with Crippen molar-refractivity contribution >= 4 is 27.6 Å². The number of nitrogens with zero attached hydrogens (tertiary/aromatic N) is 3. The molecule has 2 heterocycles. The molecule has 0 N–H and O–H groups in total. The van der Waals surface area contributed by atoms with Crippen LogP contribution in [0.1, 0.15) is 0 Å². The van der Waals surface area contributed by atoms with Crippen molar-refractivity contribution in [2.45, 2.75) is 0 Å². The van der Waals surface area contributed by atoms with E-state index in [0.717, 1.165) is 44.5 Å². The zero-order chi connectivity index (χ0) is 23.2. The van der Waals surface area contributed by atoms with Crippen LogP contribution in [0.3, 0.4) is 0 Å². The fourth-order valence-corrected chi connectivity index (χ4v) is 4.94. The van der Waals surface area contributed by atoms with Crippen LogP contribution in [-0.2, 0) is 0 Å². The van der Waals surface area contributed by atoms with Gasteiger partial charge in [0.15, 0.2) is 0 Å². The van der Waals surface area contributed by atoms with E-state index in [2.05, 4.69) is 120 Å². The molecular formula is C32H21N3. The molecule has 7 rings (SSSR count). The summed E-state index contributed by atoms with van der Waals surface area (Å²) in [6, 6.07) is 44.2. The van der Waals surface area contributed by atoms with Crippen molar-refractivity contribution in [1.29, 1.82) is 0 Å². The second-order valence-corrected chi connectivity index (χ2v) is 8.71. The normalized spacial score (nSPS) is 11.4. The summed E-state index contributed by atoms with van der Waals surface area (Å²) in [5.74, 6) is 0.897. The van der Waals surface area contributed by atoms with E-state index >= 15 is 0 Å². The highest BCUT2D eigenvalue weighted by molar-refractivity contribution is 6.03. The number of para-hydroxylation sites is 2. The lowest BCUT2D eigenvalue weighted by molar-refractivity contribution is 1.16. The van der Waals surface area contributed by atoms with E-state index < -0.39 is 0 Å². The molecule has 0 bridgehead atoms. The van der Waals surface area contributed by atoms with E-state index in [1.807, 2.05) is 12.1 Å². The summed E-state index contributed by atoms with van der Waals surface area (Å²) in [4.78, 5) is 10.3. The lowest BCUT2D eigenvalue weighted by Gasteiger charge is -2.15. The van der Waals surface area contributed by atoms with E-state index in [1.54, 1.807) is 0 Å². The van der Waals surface area contributed by atoms with Gasteiger partial charge in [0.1, 0.15) is 11.5 Å². The Balaban J connectivity index is 1.65.